The van der Waals surface area contributed by atoms with Crippen molar-refractivity contribution in [1.29, 1.82) is 0 Å². The van der Waals surface area contributed by atoms with Crippen LogP contribution in [0.2, 0.25) is 0 Å². The van der Waals surface area contributed by atoms with Gasteiger partial charge in [-0.25, -0.2) is 0 Å². The first-order valence-electron chi connectivity index (χ1n) is 6.66. The molecule has 1 aliphatic heterocycles. The molecule has 3 N–H and O–H groups in total. The number of carbonyl (C=O) groups excluding carboxylic acids is 3. The highest BCUT2D eigenvalue weighted by Gasteiger charge is 2.33. The van der Waals surface area contributed by atoms with Crippen molar-refractivity contribution < 1.29 is 29.3 Å². The largest absolute Gasteiger partial charge is 0.394 e. The highest BCUT2D eigenvalue weighted by Crippen LogP contribution is 2.09. The van der Waals surface area contributed by atoms with Gasteiger partial charge in [0.1, 0.15) is 18.4 Å². The van der Waals surface area contributed by atoms with Gasteiger partial charge in [-0.05, 0) is 13.3 Å². The van der Waals surface area contributed by atoms with Crippen LogP contribution in [0.5, 0.6) is 0 Å². The molecule has 0 fully saturated rings. The lowest BCUT2D eigenvalue weighted by molar-refractivity contribution is -0.146. The van der Waals surface area contributed by atoms with Crippen LogP contribution in [0.3, 0.4) is 0 Å². The number of amides is 3. The fourth-order valence-corrected chi connectivity index (χ4v) is 1.73. The van der Waals surface area contributed by atoms with E-state index < -0.39 is 42.7 Å². The molecule has 1 aliphatic rings. The lowest BCUT2D eigenvalue weighted by atomic mass is 10.2. The summed E-state index contributed by atoms with van der Waals surface area (Å²) in [5.74, 6) is -1.61. The minimum atomic E-state index is -1.03. The van der Waals surface area contributed by atoms with Crippen molar-refractivity contribution in [3.8, 4) is 0 Å². The first-order valence-corrected chi connectivity index (χ1v) is 6.66. The Morgan fingerprint density at radius 1 is 1.38 bits per heavy atom. The van der Waals surface area contributed by atoms with Gasteiger partial charge in [0.15, 0.2) is 0 Å². The van der Waals surface area contributed by atoms with Crippen molar-refractivity contribution in [3.63, 3.8) is 0 Å². The fourth-order valence-electron chi connectivity index (χ4n) is 1.73. The first-order chi connectivity index (χ1) is 9.90. The van der Waals surface area contributed by atoms with E-state index in [-0.39, 0.29) is 6.61 Å². The normalized spacial score (nSPS) is 18.8. The van der Waals surface area contributed by atoms with Crippen molar-refractivity contribution in [2.45, 2.75) is 38.6 Å². The SMILES string of the molecule is CCC(NC(=O)C(C)N1C(=O)C=CC1=O)OCC(O)CO. The quantitative estimate of drug-likeness (QED) is 0.372. The molecule has 0 aromatic rings. The van der Waals surface area contributed by atoms with Gasteiger partial charge in [-0.3, -0.25) is 19.3 Å². The summed E-state index contributed by atoms with van der Waals surface area (Å²) in [7, 11) is 0. The maximum absolute atomic E-state index is 12.0. The smallest absolute Gasteiger partial charge is 0.254 e. The second-order valence-electron chi connectivity index (χ2n) is 4.63. The third kappa shape index (κ3) is 4.62. The maximum Gasteiger partial charge on any atom is 0.254 e. The van der Waals surface area contributed by atoms with Crippen molar-refractivity contribution in [2.24, 2.45) is 0 Å². The number of nitrogens with one attached hydrogen (secondary N) is 1. The number of rotatable bonds is 8. The van der Waals surface area contributed by atoms with E-state index in [2.05, 4.69) is 5.32 Å². The summed E-state index contributed by atoms with van der Waals surface area (Å²) in [6, 6.07) is -0.958. The van der Waals surface area contributed by atoms with Gasteiger partial charge in [0.2, 0.25) is 5.91 Å². The number of hydrogen-bond acceptors (Lipinski definition) is 6. The molecule has 8 heteroatoms. The molecule has 8 nitrogen and oxygen atoms in total. The zero-order valence-corrected chi connectivity index (χ0v) is 12.0. The summed E-state index contributed by atoms with van der Waals surface area (Å²) >= 11 is 0. The number of nitrogens with zero attached hydrogens (tertiary/aromatic N) is 1. The highest BCUT2D eigenvalue weighted by atomic mass is 16.5. The molecule has 3 amide bonds. The molecule has 21 heavy (non-hydrogen) atoms. The molecule has 0 aromatic heterocycles. The van der Waals surface area contributed by atoms with E-state index in [4.69, 9.17) is 9.84 Å². The van der Waals surface area contributed by atoms with E-state index in [1.165, 1.54) is 6.92 Å². The number of ether oxygens (including phenoxy) is 1. The minimum absolute atomic E-state index is 0.132. The summed E-state index contributed by atoms with van der Waals surface area (Å²) < 4.78 is 5.24. The molecule has 0 bridgehead atoms. The predicted octanol–water partition coefficient (Wildman–Crippen LogP) is -1.48. The lowest BCUT2D eigenvalue weighted by Gasteiger charge is -2.25. The summed E-state index contributed by atoms with van der Waals surface area (Å²) in [5, 5.41) is 20.4. The summed E-state index contributed by atoms with van der Waals surface area (Å²) in [6.45, 7) is 2.62. The standard InChI is InChI=1S/C13H20N2O6/c1-3-10(21-7-9(17)6-16)14-13(20)8(2)15-11(18)4-5-12(15)19/h4-5,8-10,16-17H,3,6-7H2,1-2H3,(H,14,20). The molecular formula is C13H20N2O6. The predicted molar refractivity (Wildman–Crippen MR) is 71.7 cm³/mol. The van der Waals surface area contributed by atoms with Gasteiger partial charge < -0.3 is 20.3 Å². The Morgan fingerprint density at radius 2 is 1.95 bits per heavy atom. The molecule has 118 valence electrons. The zero-order chi connectivity index (χ0) is 16.0. The summed E-state index contributed by atoms with van der Waals surface area (Å²) in [5.41, 5.74) is 0. The van der Waals surface area contributed by atoms with Gasteiger partial charge in [0, 0.05) is 12.2 Å². The van der Waals surface area contributed by atoms with Crippen LogP contribution in [-0.2, 0) is 19.1 Å². The molecule has 0 aliphatic carbocycles. The van der Waals surface area contributed by atoms with E-state index in [1.54, 1.807) is 6.92 Å². The zero-order valence-electron chi connectivity index (χ0n) is 12.0. The average molecular weight is 300 g/mol. The second-order valence-corrected chi connectivity index (χ2v) is 4.63. The van der Waals surface area contributed by atoms with Gasteiger partial charge in [0.05, 0.1) is 13.2 Å². The monoisotopic (exact) mass is 300 g/mol. The molecule has 1 heterocycles. The number of carbonyl (C=O) groups is 3. The van der Waals surface area contributed by atoms with Crippen molar-refractivity contribution in [3.05, 3.63) is 12.2 Å². The summed E-state index contributed by atoms with van der Waals surface area (Å²) in [4.78, 5) is 35.9. The van der Waals surface area contributed by atoms with Crippen LogP contribution in [0.1, 0.15) is 20.3 Å². The van der Waals surface area contributed by atoms with Crippen LogP contribution < -0.4 is 5.32 Å². The van der Waals surface area contributed by atoms with Gasteiger partial charge in [-0.2, -0.15) is 0 Å². The van der Waals surface area contributed by atoms with Crippen molar-refractivity contribution in [1.82, 2.24) is 10.2 Å². The number of aliphatic hydroxyl groups excluding tert-OH is 2. The van der Waals surface area contributed by atoms with Crippen LogP contribution in [0.4, 0.5) is 0 Å². The third-order valence-electron chi connectivity index (χ3n) is 2.98. The average Bonchev–Trinajstić information content (AvgIpc) is 2.80. The molecule has 0 radical (unpaired) electrons. The molecule has 0 saturated heterocycles. The lowest BCUT2D eigenvalue weighted by Crippen LogP contribution is -2.51. The van der Waals surface area contributed by atoms with E-state index in [1.807, 2.05) is 0 Å². The molecule has 3 unspecified atom stereocenters. The van der Waals surface area contributed by atoms with E-state index in [0.717, 1.165) is 17.1 Å². The molecule has 1 rings (SSSR count). The van der Waals surface area contributed by atoms with E-state index in [9.17, 15) is 19.5 Å². The molecule has 0 aromatic carbocycles. The molecular weight excluding hydrogens is 280 g/mol. The van der Waals surface area contributed by atoms with Gasteiger partial charge in [-0.15, -0.1) is 0 Å². The third-order valence-corrected chi connectivity index (χ3v) is 2.98. The number of imide groups is 1. The Balaban J connectivity index is 2.53. The molecule has 0 spiro atoms. The van der Waals surface area contributed by atoms with Crippen molar-refractivity contribution in [2.75, 3.05) is 13.2 Å². The summed E-state index contributed by atoms with van der Waals surface area (Å²) in [6.07, 6.45) is 0.937. The van der Waals surface area contributed by atoms with Crippen LogP contribution >= 0.6 is 0 Å². The van der Waals surface area contributed by atoms with Gasteiger partial charge in [0.25, 0.3) is 11.8 Å². The Hall–Kier alpha value is -1.77. The maximum atomic E-state index is 12.0. The second kappa shape index (κ2) is 7.87. The Morgan fingerprint density at radius 3 is 2.43 bits per heavy atom. The Labute approximate surface area is 122 Å². The topological polar surface area (TPSA) is 116 Å². The Bertz CT molecular complexity index is 418. The fraction of sp³-hybridized carbons (Fsp3) is 0.615. The number of aliphatic hydroxyl groups is 2. The highest BCUT2D eigenvalue weighted by molar-refractivity contribution is 6.15. The van der Waals surface area contributed by atoms with Crippen LogP contribution in [0.25, 0.3) is 0 Å². The van der Waals surface area contributed by atoms with Crippen LogP contribution in [0, 0.1) is 0 Å². The molecule has 0 saturated carbocycles. The first kappa shape index (κ1) is 17.3. The van der Waals surface area contributed by atoms with Crippen LogP contribution in [0.15, 0.2) is 12.2 Å². The Kier molecular flexibility index (Phi) is 6.47. The van der Waals surface area contributed by atoms with Gasteiger partial charge >= 0.3 is 0 Å². The van der Waals surface area contributed by atoms with Gasteiger partial charge in [-0.1, -0.05) is 6.92 Å². The van der Waals surface area contributed by atoms with Crippen LogP contribution in [-0.4, -0.2) is 64.4 Å². The van der Waals surface area contributed by atoms with E-state index in [0.29, 0.717) is 6.42 Å². The minimum Gasteiger partial charge on any atom is -0.394 e. The van der Waals surface area contributed by atoms with Crippen molar-refractivity contribution >= 4 is 17.7 Å². The van der Waals surface area contributed by atoms with E-state index >= 15 is 0 Å². The number of hydrogen-bond donors (Lipinski definition) is 3. The molecule has 3 atom stereocenters.